The number of imidazole rings is 1. The van der Waals surface area contributed by atoms with Gasteiger partial charge in [-0.1, -0.05) is 35.0 Å². The average molecular weight is 608 g/mol. The number of halogens is 7. The highest BCUT2D eigenvalue weighted by atomic mass is 35.5. The van der Waals surface area contributed by atoms with Crippen LogP contribution in [0.5, 0.6) is 0 Å². The van der Waals surface area contributed by atoms with Gasteiger partial charge >= 0.3 is 12.4 Å². The average Bonchev–Trinajstić information content (AvgIpc) is 3.30. The Labute approximate surface area is 237 Å². The van der Waals surface area contributed by atoms with E-state index in [0.29, 0.717) is 28.3 Å². The lowest BCUT2D eigenvalue weighted by Crippen LogP contribution is -2.28. The standard InChI is InChI=1S/C27H18ClF6N6O2/c28-21-4-2-1-3-19(21)20-13-40(18-5-6-18)42-24(20)23(41)22-25(38-8-7-35-14-38)39(37-36-22)12-15-9-16(26(29,30)31)11-17(10-15)27(32,33)34/h1-4,7-11,13-14,18H,5-6,12H2/q+1. The number of carbonyl (C=O) groups excluding carboxylic acids is 1. The molecule has 0 radical (unpaired) electrons. The van der Waals surface area contributed by atoms with E-state index >= 15 is 0 Å². The quantitative estimate of drug-likeness (QED) is 0.123. The van der Waals surface area contributed by atoms with E-state index in [1.54, 1.807) is 35.2 Å². The smallest absolute Gasteiger partial charge is 0.289 e. The van der Waals surface area contributed by atoms with E-state index in [1.807, 2.05) is 0 Å². The van der Waals surface area contributed by atoms with Gasteiger partial charge in [0.15, 0.2) is 11.5 Å². The predicted molar refractivity (Wildman–Crippen MR) is 134 cm³/mol. The second-order valence-electron chi connectivity index (χ2n) is 9.67. The lowest BCUT2D eigenvalue weighted by molar-refractivity contribution is -0.866. The Morgan fingerprint density at radius 1 is 1.02 bits per heavy atom. The third kappa shape index (κ3) is 5.29. The zero-order valence-corrected chi connectivity index (χ0v) is 22.0. The molecule has 0 bridgehead atoms. The molecule has 1 fully saturated rings. The summed E-state index contributed by atoms with van der Waals surface area (Å²) >= 11 is 6.42. The van der Waals surface area contributed by atoms with Crippen molar-refractivity contribution in [1.29, 1.82) is 0 Å². The molecular weight excluding hydrogens is 590 g/mol. The molecule has 2 aromatic carbocycles. The second kappa shape index (κ2) is 10.1. The van der Waals surface area contributed by atoms with Gasteiger partial charge in [-0.15, -0.1) is 5.10 Å². The van der Waals surface area contributed by atoms with Crippen LogP contribution in [0.4, 0.5) is 26.3 Å². The van der Waals surface area contributed by atoms with Crippen LogP contribution in [0.3, 0.4) is 0 Å². The Hall–Kier alpha value is -4.46. The molecule has 3 heterocycles. The number of nitrogens with zero attached hydrogens (tertiary/aromatic N) is 6. The lowest BCUT2D eigenvalue weighted by atomic mass is 10.0. The van der Waals surface area contributed by atoms with Crippen molar-refractivity contribution in [3.8, 4) is 16.9 Å². The van der Waals surface area contributed by atoms with Crippen LogP contribution in [0.15, 0.2) is 71.9 Å². The van der Waals surface area contributed by atoms with Gasteiger partial charge in [0, 0.05) is 35.8 Å². The van der Waals surface area contributed by atoms with E-state index < -0.39 is 35.8 Å². The topological polar surface area (TPSA) is 82.6 Å². The van der Waals surface area contributed by atoms with Gasteiger partial charge in [-0.3, -0.25) is 9.36 Å². The third-order valence-corrected chi connectivity index (χ3v) is 6.96. The number of hydrogen-bond donors (Lipinski definition) is 0. The molecule has 1 aliphatic carbocycles. The number of benzene rings is 2. The molecule has 0 atom stereocenters. The zero-order chi connectivity index (χ0) is 29.8. The molecule has 0 N–H and O–H groups in total. The molecule has 0 unspecified atom stereocenters. The first-order valence-electron chi connectivity index (χ1n) is 12.5. The van der Waals surface area contributed by atoms with Crippen LogP contribution < -0.4 is 4.74 Å². The summed E-state index contributed by atoms with van der Waals surface area (Å²) in [4.78, 5) is 17.9. The number of ketones is 1. The van der Waals surface area contributed by atoms with Gasteiger partial charge in [0.25, 0.3) is 11.5 Å². The maximum absolute atomic E-state index is 14.0. The van der Waals surface area contributed by atoms with Gasteiger partial charge in [-0.05, 0) is 34.6 Å². The summed E-state index contributed by atoms with van der Waals surface area (Å²) in [7, 11) is 0. The first-order chi connectivity index (χ1) is 19.9. The van der Waals surface area contributed by atoms with E-state index in [-0.39, 0.29) is 34.9 Å². The normalized spacial score (nSPS) is 14.0. The minimum absolute atomic E-state index is 0.0389. The minimum atomic E-state index is -5.03. The molecule has 0 saturated heterocycles. The molecule has 0 amide bonds. The van der Waals surface area contributed by atoms with Crippen molar-refractivity contribution in [2.75, 3.05) is 0 Å². The van der Waals surface area contributed by atoms with Crippen LogP contribution in [0.2, 0.25) is 5.02 Å². The molecule has 15 heteroatoms. The van der Waals surface area contributed by atoms with Gasteiger partial charge in [-0.2, -0.15) is 26.3 Å². The Morgan fingerprint density at radius 3 is 2.31 bits per heavy atom. The van der Waals surface area contributed by atoms with Gasteiger partial charge in [0.2, 0.25) is 12.2 Å². The van der Waals surface area contributed by atoms with E-state index in [2.05, 4.69) is 15.3 Å². The van der Waals surface area contributed by atoms with Gasteiger partial charge < -0.3 is 0 Å². The van der Waals surface area contributed by atoms with E-state index in [0.717, 1.165) is 17.5 Å². The molecule has 1 saturated carbocycles. The largest absolute Gasteiger partial charge is 0.416 e. The molecule has 8 nitrogen and oxygen atoms in total. The maximum Gasteiger partial charge on any atom is 0.416 e. The van der Waals surface area contributed by atoms with Crippen LogP contribution >= 0.6 is 11.6 Å². The molecule has 1 aliphatic rings. The van der Waals surface area contributed by atoms with Crippen LogP contribution in [-0.2, 0) is 18.9 Å². The Kier molecular flexibility index (Phi) is 6.67. The Balaban J connectivity index is 1.46. The summed E-state index contributed by atoms with van der Waals surface area (Å²) in [6.45, 7) is -0.571. The summed E-state index contributed by atoms with van der Waals surface area (Å²) in [6, 6.07) is 8.11. The van der Waals surface area contributed by atoms with Gasteiger partial charge in [0.05, 0.1) is 17.7 Å². The molecule has 0 aliphatic heterocycles. The van der Waals surface area contributed by atoms with E-state index in [4.69, 9.17) is 16.1 Å². The number of hydrogen-bond acceptors (Lipinski definition) is 5. The zero-order valence-electron chi connectivity index (χ0n) is 21.2. The number of aromatic nitrogens is 6. The molecular formula is C27H18ClF6N6O2+. The number of carbonyl (C=O) groups is 1. The summed E-state index contributed by atoms with van der Waals surface area (Å²) < 4.78 is 90.6. The first kappa shape index (κ1) is 27.7. The van der Waals surface area contributed by atoms with Crippen molar-refractivity contribution in [3.05, 3.63) is 101 Å². The Morgan fingerprint density at radius 2 is 1.71 bits per heavy atom. The highest BCUT2D eigenvalue weighted by Crippen LogP contribution is 2.38. The highest BCUT2D eigenvalue weighted by molar-refractivity contribution is 6.33. The second-order valence-corrected chi connectivity index (χ2v) is 10.1. The Bertz CT molecular complexity index is 1760. The van der Waals surface area contributed by atoms with Gasteiger partial charge in [0.1, 0.15) is 11.9 Å². The van der Waals surface area contributed by atoms with Crippen molar-refractivity contribution < 1.29 is 40.4 Å². The SMILES string of the molecule is O=C(c1nnn(Cc2cc(C(F)(F)F)cc(C(F)(F)F)c2)c1-n1ccnc1)c1o[n+](C2CC2)cc1-c1ccccc1Cl. The predicted octanol–water partition coefficient (Wildman–Crippen LogP) is 6.32. The summed E-state index contributed by atoms with van der Waals surface area (Å²) in [5.74, 6) is -0.871. The maximum atomic E-state index is 14.0. The van der Waals surface area contributed by atoms with Crippen molar-refractivity contribution in [3.63, 3.8) is 0 Å². The lowest BCUT2D eigenvalue weighted by Gasteiger charge is -2.15. The fraction of sp³-hybridized carbons (Fsp3) is 0.222. The molecule has 216 valence electrons. The fourth-order valence-electron chi connectivity index (χ4n) is 4.50. The first-order valence-corrected chi connectivity index (χ1v) is 12.8. The monoisotopic (exact) mass is 607 g/mol. The van der Waals surface area contributed by atoms with Crippen molar-refractivity contribution in [2.24, 2.45) is 0 Å². The fourth-order valence-corrected chi connectivity index (χ4v) is 4.74. The van der Waals surface area contributed by atoms with Crippen LogP contribution in [0.25, 0.3) is 16.9 Å². The van der Waals surface area contributed by atoms with Crippen LogP contribution in [0.1, 0.15) is 51.8 Å². The molecule has 6 rings (SSSR count). The molecule has 42 heavy (non-hydrogen) atoms. The van der Waals surface area contributed by atoms with E-state index in [9.17, 15) is 31.1 Å². The molecule has 5 aromatic rings. The summed E-state index contributed by atoms with van der Waals surface area (Å²) in [6.07, 6.45) is -2.60. The van der Waals surface area contributed by atoms with Gasteiger partial charge in [-0.25, -0.2) is 14.2 Å². The number of rotatable bonds is 7. The molecule has 0 spiro atoms. The van der Waals surface area contributed by atoms with Crippen molar-refractivity contribution in [2.45, 2.75) is 37.8 Å². The van der Waals surface area contributed by atoms with Crippen LogP contribution in [0, 0.1) is 0 Å². The van der Waals surface area contributed by atoms with Crippen molar-refractivity contribution in [1.82, 2.24) is 24.5 Å². The van der Waals surface area contributed by atoms with Crippen molar-refractivity contribution >= 4 is 17.4 Å². The molecule has 3 aromatic heterocycles. The number of alkyl halides is 6. The minimum Gasteiger partial charge on any atom is -0.289 e. The van der Waals surface area contributed by atoms with E-state index in [1.165, 1.54) is 23.3 Å². The van der Waals surface area contributed by atoms with Crippen LogP contribution in [-0.4, -0.2) is 30.3 Å². The summed E-state index contributed by atoms with van der Waals surface area (Å²) in [5, 5.41) is 8.27. The summed E-state index contributed by atoms with van der Waals surface area (Å²) in [5.41, 5.74) is -2.66. The third-order valence-electron chi connectivity index (χ3n) is 6.63. The highest BCUT2D eigenvalue weighted by Gasteiger charge is 2.40.